The first-order valence-electron chi connectivity index (χ1n) is 8.58. The third kappa shape index (κ3) is 3.17. The molecule has 0 bridgehead atoms. The SMILES string of the molecule is Cc1ccc2nc(-c3ccccc3)cc(C(=O)ON3C(=O)CCC3=O)c2c1. The summed E-state index contributed by atoms with van der Waals surface area (Å²) in [5.74, 6) is -1.77. The van der Waals surface area contributed by atoms with Crippen LogP contribution in [0.2, 0.25) is 0 Å². The molecule has 27 heavy (non-hydrogen) atoms. The van der Waals surface area contributed by atoms with Crippen LogP contribution in [0.3, 0.4) is 0 Å². The first-order valence-corrected chi connectivity index (χ1v) is 8.58. The highest BCUT2D eigenvalue weighted by Gasteiger charge is 2.33. The van der Waals surface area contributed by atoms with Crippen molar-refractivity contribution in [1.82, 2.24) is 10.0 Å². The van der Waals surface area contributed by atoms with Gasteiger partial charge in [0.25, 0.3) is 11.8 Å². The van der Waals surface area contributed by atoms with Crippen LogP contribution >= 0.6 is 0 Å². The van der Waals surface area contributed by atoms with Crippen molar-refractivity contribution in [1.29, 1.82) is 0 Å². The summed E-state index contributed by atoms with van der Waals surface area (Å²) >= 11 is 0. The number of nitrogens with zero attached hydrogens (tertiary/aromatic N) is 2. The summed E-state index contributed by atoms with van der Waals surface area (Å²) in [4.78, 5) is 46.1. The zero-order valence-corrected chi connectivity index (χ0v) is 14.6. The fraction of sp³-hybridized carbons (Fsp3) is 0.143. The van der Waals surface area contributed by atoms with Crippen LogP contribution in [0.1, 0.15) is 28.8 Å². The van der Waals surface area contributed by atoms with E-state index in [1.807, 2.05) is 55.5 Å². The fourth-order valence-electron chi connectivity index (χ4n) is 3.06. The van der Waals surface area contributed by atoms with Crippen LogP contribution in [0.25, 0.3) is 22.2 Å². The van der Waals surface area contributed by atoms with Crippen LogP contribution in [0.15, 0.2) is 54.6 Å². The second kappa shape index (κ2) is 6.64. The van der Waals surface area contributed by atoms with Gasteiger partial charge in [0.05, 0.1) is 16.8 Å². The number of pyridine rings is 1. The van der Waals surface area contributed by atoms with E-state index in [0.717, 1.165) is 11.1 Å². The number of aryl methyl sites for hydroxylation is 1. The van der Waals surface area contributed by atoms with Gasteiger partial charge in [-0.2, -0.15) is 0 Å². The molecule has 1 aliphatic heterocycles. The quantitative estimate of drug-likeness (QED) is 0.669. The van der Waals surface area contributed by atoms with Gasteiger partial charge in [-0.05, 0) is 25.1 Å². The lowest BCUT2D eigenvalue weighted by molar-refractivity contribution is -0.172. The molecular formula is C21H16N2O4. The van der Waals surface area contributed by atoms with Gasteiger partial charge in [-0.3, -0.25) is 9.59 Å². The van der Waals surface area contributed by atoms with Gasteiger partial charge >= 0.3 is 5.97 Å². The Morgan fingerprint density at radius 3 is 2.41 bits per heavy atom. The molecule has 1 saturated heterocycles. The smallest absolute Gasteiger partial charge is 0.325 e. The summed E-state index contributed by atoms with van der Waals surface area (Å²) in [6.45, 7) is 1.91. The molecule has 3 aromatic rings. The minimum absolute atomic E-state index is 0.0532. The van der Waals surface area contributed by atoms with E-state index in [2.05, 4.69) is 4.98 Å². The van der Waals surface area contributed by atoms with Crippen molar-refractivity contribution in [2.75, 3.05) is 0 Å². The Labute approximate surface area is 155 Å². The number of hydroxylamine groups is 2. The van der Waals surface area contributed by atoms with Crippen molar-refractivity contribution < 1.29 is 19.2 Å². The molecule has 0 N–H and O–H groups in total. The minimum Gasteiger partial charge on any atom is -0.325 e. The molecule has 2 aromatic carbocycles. The lowest BCUT2D eigenvalue weighted by Gasteiger charge is -2.14. The molecule has 0 atom stereocenters. The maximum atomic E-state index is 12.8. The summed E-state index contributed by atoms with van der Waals surface area (Å²) in [7, 11) is 0. The first kappa shape index (κ1) is 16.9. The molecule has 6 heteroatoms. The van der Waals surface area contributed by atoms with Crippen molar-refractivity contribution in [2.45, 2.75) is 19.8 Å². The van der Waals surface area contributed by atoms with Crippen molar-refractivity contribution in [3.63, 3.8) is 0 Å². The monoisotopic (exact) mass is 360 g/mol. The van der Waals surface area contributed by atoms with Crippen molar-refractivity contribution in [3.05, 3.63) is 65.7 Å². The molecule has 2 heterocycles. The van der Waals surface area contributed by atoms with Crippen molar-refractivity contribution in [3.8, 4) is 11.3 Å². The second-order valence-corrected chi connectivity index (χ2v) is 6.40. The van der Waals surface area contributed by atoms with E-state index < -0.39 is 17.8 Å². The third-order valence-electron chi connectivity index (χ3n) is 4.43. The van der Waals surface area contributed by atoms with Crippen LogP contribution < -0.4 is 0 Å². The van der Waals surface area contributed by atoms with Crippen LogP contribution in [0.4, 0.5) is 0 Å². The van der Waals surface area contributed by atoms with Crippen LogP contribution in [-0.2, 0) is 14.4 Å². The molecule has 0 spiro atoms. The van der Waals surface area contributed by atoms with Gasteiger partial charge in [0.1, 0.15) is 0 Å². The van der Waals surface area contributed by atoms with E-state index in [0.29, 0.717) is 21.7 Å². The Morgan fingerprint density at radius 2 is 1.70 bits per heavy atom. The maximum Gasteiger partial charge on any atom is 0.364 e. The summed E-state index contributed by atoms with van der Waals surface area (Å²) in [5, 5.41) is 1.17. The molecule has 0 unspecified atom stereocenters. The fourth-order valence-corrected chi connectivity index (χ4v) is 3.06. The standard InChI is InChI=1S/C21H16N2O4/c1-13-7-8-17-15(11-13)16(12-18(22-17)14-5-3-2-4-6-14)21(26)27-23-19(24)9-10-20(23)25/h2-8,11-12H,9-10H2,1H3. The van der Waals surface area contributed by atoms with Crippen molar-refractivity contribution in [2.24, 2.45) is 0 Å². The number of benzene rings is 2. The number of hydrogen-bond donors (Lipinski definition) is 0. The zero-order valence-electron chi connectivity index (χ0n) is 14.6. The molecule has 2 amide bonds. The van der Waals surface area contributed by atoms with Crippen LogP contribution in [0.5, 0.6) is 0 Å². The van der Waals surface area contributed by atoms with Gasteiger partial charge in [0.15, 0.2) is 0 Å². The zero-order chi connectivity index (χ0) is 19.0. The number of amides is 2. The lowest BCUT2D eigenvalue weighted by Crippen LogP contribution is -2.32. The molecule has 1 aromatic heterocycles. The summed E-state index contributed by atoms with van der Waals surface area (Å²) in [5.41, 5.74) is 3.31. The number of hydrogen-bond acceptors (Lipinski definition) is 5. The highest BCUT2D eigenvalue weighted by Crippen LogP contribution is 2.27. The number of carbonyl (C=O) groups excluding carboxylic acids is 3. The molecule has 134 valence electrons. The molecule has 1 aliphatic rings. The summed E-state index contributed by atoms with van der Waals surface area (Å²) in [6.07, 6.45) is 0.106. The average molecular weight is 360 g/mol. The molecule has 6 nitrogen and oxygen atoms in total. The average Bonchev–Trinajstić information content (AvgIpc) is 2.99. The summed E-state index contributed by atoms with van der Waals surface area (Å²) < 4.78 is 0. The molecule has 0 saturated carbocycles. The number of fused-ring (bicyclic) bond motifs is 1. The number of imide groups is 1. The molecule has 4 rings (SSSR count). The number of rotatable bonds is 3. The van der Waals surface area contributed by atoms with Gasteiger partial charge in [-0.25, -0.2) is 9.78 Å². The van der Waals surface area contributed by atoms with E-state index in [1.54, 1.807) is 6.07 Å². The Hall–Kier alpha value is -3.54. The van der Waals surface area contributed by atoms with Crippen molar-refractivity contribution >= 4 is 28.7 Å². The predicted molar refractivity (Wildman–Crippen MR) is 98.4 cm³/mol. The number of aromatic nitrogens is 1. The van der Waals surface area contributed by atoms with E-state index in [1.165, 1.54) is 0 Å². The highest BCUT2D eigenvalue weighted by molar-refractivity contribution is 6.07. The van der Waals surface area contributed by atoms with E-state index >= 15 is 0 Å². The largest absolute Gasteiger partial charge is 0.364 e. The molecular weight excluding hydrogens is 344 g/mol. The first-order chi connectivity index (χ1) is 13.0. The lowest BCUT2D eigenvalue weighted by atomic mass is 10.0. The maximum absolute atomic E-state index is 12.8. The van der Waals surface area contributed by atoms with Gasteiger partial charge in [-0.15, -0.1) is 5.06 Å². The Bertz CT molecular complexity index is 1060. The van der Waals surface area contributed by atoms with Crippen LogP contribution in [0, 0.1) is 6.92 Å². The van der Waals surface area contributed by atoms with Gasteiger partial charge in [0, 0.05) is 23.8 Å². The number of carbonyl (C=O) groups is 3. The minimum atomic E-state index is -0.756. The normalized spacial score (nSPS) is 14.0. The Morgan fingerprint density at radius 1 is 1.00 bits per heavy atom. The highest BCUT2D eigenvalue weighted by atomic mass is 16.7. The van der Waals surface area contributed by atoms with E-state index in [-0.39, 0.29) is 18.4 Å². The van der Waals surface area contributed by atoms with Gasteiger partial charge < -0.3 is 4.84 Å². The topological polar surface area (TPSA) is 76.6 Å². The molecule has 0 aliphatic carbocycles. The molecule has 1 fully saturated rings. The third-order valence-corrected chi connectivity index (χ3v) is 4.43. The Kier molecular flexibility index (Phi) is 4.16. The van der Waals surface area contributed by atoms with E-state index in [4.69, 9.17) is 4.84 Å². The van der Waals surface area contributed by atoms with Crippen LogP contribution in [-0.4, -0.2) is 27.8 Å². The van der Waals surface area contributed by atoms with Gasteiger partial charge in [-0.1, -0.05) is 42.0 Å². The Balaban J connectivity index is 1.82. The summed E-state index contributed by atoms with van der Waals surface area (Å²) in [6, 6.07) is 16.7. The predicted octanol–water partition coefficient (Wildman–Crippen LogP) is 3.43. The second-order valence-electron chi connectivity index (χ2n) is 6.40. The molecule has 0 radical (unpaired) electrons. The van der Waals surface area contributed by atoms with E-state index in [9.17, 15) is 14.4 Å². The van der Waals surface area contributed by atoms with Gasteiger partial charge in [0.2, 0.25) is 0 Å².